The minimum atomic E-state index is -4.15. The van der Waals surface area contributed by atoms with Gasteiger partial charge >= 0.3 is 0 Å². The third kappa shape index (κ3) is 8.98. The van der Waals surface area contributed by atoms with Crippen molar-refractivity contribution >= 4 is 32.6 Å². The monoisotopic (exact) mass is 598 g/mol. The Morgan fingerprint density at radius 1 is 0.976 bits per heavy atom. The van der Waals surface area contributed by atoms with Crippen molar-refractivity contribution in [3.05, 3.63) is 76.9 Å². The molecule has 42 heavy (non-hydrogen) atoms. The van der Waals surface area contributed by atoms with Gasteiger partial charge in [-0.2, -0.15) is 0 Å². The average molecular weight is 599 g/mol. The molecule has 228 valence electrons. The zero-order valence-corrected chi connectivity index (χ0v) is 25.5. The molecular formula is C31H42N4O6S. The maximum atomic E-state index is 13.7. The Bertz CT molecular complexity index is 1390. The molecule has 0 saturated heterocycles. The summed E-state index contributed by atoms with van der Waals surface area (Å²) < 4.78 is 27.2. The van der Waals surface area contributed by atoms with Gasteiger partial charge in [0.1, 0.15) is 4.91 Å². The average Bonchev–Trinajstić information content (AvgIpc) is 3.23. The molecule has 0 bridgehead atoms. The normalized spacial score (nSPS) is 15.6. The predicted molar refractivity (Wildman–Crippen MR) is 163 cm³/mol. The molecule has 1 heterocycles. The molecule has 0 spiro atoms. The first-order chi connectivity index (χ1) is 19.9. The van der Waals surface area contributed by atoms with Crippen molar-refractivity contribution in [3.8, 4) is 0 Å². The van der Waals surface area contributed by atoms with E-state index in [4.69, 9.17) is 0 Å². The van der Waals surface area contributed by atoms with Crippen LogP contribution in [0.3, 0.4) is 0 Å². The Morgan fingerprint density at radius 2 is 1.62 bits per heavy atom. The van der Waals surface area contributed by atoms with E-state index in [0.29, 0.717) is 32.0 Å². The van der Waals surface area contributed by atoms with Gasteiger partial charge < -0.3 is 20.6 Å². The number of carbonyl (C=O) groups is 3. The van der Waals surface area contributed by atoms with Gasteiger partial charge in [0.05, 0.1) is 12.1 Å². The molecule has 11 heteroatoms. The highest BCUT2D eigenvalue weighted by atomic mass is 32.2. The van der Waals surface area contributed by atoms with E-state index >= 15 is 0 Å². The SMILES string of the molecule is CCCN(CCC)C(=O)c1cc(C(=O)N[C@@H](Cc2ccccc2)[C@H](O)CNCC(C)C)cc(C2=CC(=O)NS2(=O)=O)c1. The summed E-state index contributed by atoms with van der Waals surface area (Å²) in [6.45, 7) is 9.95. The third-order valence-corrected chi connectivity index (χ3v) is 8.18. The summed E-state index contributed by atoms with van der Waals surface area (Å²) >= 11 is 0. The van der Waals surface area contributed by atoms with Crippen molar-refractivity contribution in [1.82, 2.24) is 20.3 Å². The fraction of sp³-hybridized carbons (Fsp3) is 0.452. The van der Waals surface area contributed by atoms with E-state index < -0.39 is 34.0 Å². The second-order valence-electron chi connectivity index (χ2n) is 11.0. The van der Waals surface area contributed by atoms with Crippen LogP contribution in [0, 0.1) is 5.92 Å². The van der Waals surface area contributed by atoms with E-state index in [-0.39, 0.29) is 34.0 Å². The Kier molecular flexibility index (Phi) is 11.8. The van der Waals surface area contributed by atoms with E-state index in [9.17, 15) is 27.9 Å². The van der Waals surface area contributed by atoms with Crippen LogP contribution in [0.5, 0.6) is 0 Å². The molecule has 1 aliphatic heterocycles. The van der Waals surface area contributed by atoms with Crippen molar-refractivity contribution in [1.29, 1.82) is 0 Å². The Hall–Kier alpha value is -3.54. The van der Waals surface area contributed by atoms with Gasteiger partial charge in [0.2, 0.25) is 0 Å². The van der Waals surface area contributed by atoms with E-state index in [1.165, 1.54) is 18.2 Å². The van der Waals surface area contributed by atoms with Gasteiger partial charge in [0.25, 0.3) is 27.7 Å². The van der Waals surface area contributed by atoms with E-state index in [0.717, 1.165) is 24.5 Å². The standard InChI is InChI=1S/C31H42N4O6S/c1-5-12-35(13-6-2)31(39)25-16-23(28-18-29(37)34-42(28,40)41)15-24(17-25)30(38)33-26(14-22-10-8-7-9-11-22)27(36)20-32-19-21(3)4/h7-11,15-18,21,26-27,32,36H,5-6,12-14,19-20H2,1-4H3,(H,33,38)(H,34,37)/t26-,27+/m0/s1. The molecule has 0 unspecified atom stereocenters. The molecular weight excluding hydrogens is 556 g/mol. The Morgan fingerprint density at radius 3 is 2.19 bits per heavy atom. The maximum Gasteiger partial charge on any atom is 0.265 e. The van der Waals surface area contributed by atoms with Crippen molar-refractivity contribution in [2.45, 2.75) is 59.1 Å². The fourth-order valence-corrected chi connectivity index (χ4v) is 5.90. The van der Waals surface area contributed by atoms with Gasteiger partial charge in [-0.1, -0.05) is 58.0 Å². The number of amides is 3. The fourth-order valence-electron chi connectivity index (χ4n) is 4.78. The summed E-state index contributed by atoms with van der Waals surface area (Å²) in [5, 5.41) is 17.2. The van der Waals surface area contributed by atoms with Crippen LogP contribution < -0.4 is 15.4 Å². The number of sulfonamides is 1. The van der Waals surface area contributed by atoms with Crippen LogP contribution in [0.15, 0.2) is 54.6 Å². The van der Waals surface area contributed by atoms with Crippen LogP contribution in [0.1, 0.15) is 72.4 Å². The molecule has 0 aromatic heterocycles. The molecule has 0 radical (unpaired) electrons. The largest absolute Gasteiger partial charge is 0.390 e. The number of rotatable bonds is 15. The molecule has 2 aromatic rings. The van der Waals surface area contributed by atoms with Crippen molar-refractivity contribution in [3.63, 3.8) is 0 Å². The molecule has 10 nitrogen and oxygen atoms in total. The Balaban J connectivity index is 2.00. The quantitative estimate of drug-likeness (QED) is 0.247. The topological polar surface area (TPSA) is 145 Å². The van der Waals surface area contributed by atoms with E-state index in [1.54, 1.807) is 4.90 Å². The molecule has 0 aliphatic carbocycles. The lowest BCUT2D eigenvalue weighted by atomic mass is 9.99. The van der Waals surface area contributed by atoms with Crippen molar-refractivity contribution in [2.75, 3.05) is 26.2 Å². The first-order valence-electron chi connectivity index (χ1n) is 14.4. The predicted octanol–water partition coefficient (Wildman–Crippen LogP) is 2.70. The minimum absolute atomic E-state index is 0.0413. The number of aliphatic hydroxyl groups excluding tert-OH is 1. The van der Waals surface area contributed by atoms with Crippen LogP contribution >= 0.6 is 0 Å². The van der Waals surface area contributed by atoms with Gasteiger partial charge in [-0.05, 0) is 61.1 Å². The number of aliphatic hydroxyl groups is 1. The van der Waals surface area contributed by atoms with Gasteiger partial charge in [-0.3, -0.25) is 14.4 Å². The second-order valence-corrected chi connectivity index (χ2v) is 12.6. The molecule has 2 atom stereocenters. The van der Waals surface area contributed by atoms with Crippen molar-refractivity contribution in [2.24, 2.45) is 5.92 Å². The van der Waals surface area contributed by atoms with Gasteiger partial charge in [0.15, 0.2) is 0 Å². The van der Waals surface area contributed by atoms with Crippen LogP contribution in [0.2, 0.25) is 0 Å². The van der Waals surface area contributed by atoms with Crippen LogP contribution in [0.25, 0.3) is 4.91 Å². The van der Waals surface area contributed by atoms with Crippen molar-refractivity contribution < 1.29 is 27.9 Å². The van der Waals surface area contributed by atoms with Gasteiger partial charge in [-0.15, -0.1) is 0 Å². The molecule has 2 aromatic carbocycles. The number of benzene rings is 2. The highest BCUT2D eigenvalue weighted by Crippen LogP contribution is 2.27. The third-order valence-electron chi connectivity index (χ3n) is 6.77. The van der Waals surface area contributed by atoms with Crippen LogP contribution in [0.4, 0.5) is 0 Å². The zero-order valence-electron chi connectivity index (χ0n) is 24.7. The lowest BCUT2D eigenvalue weighted by molar-refractivity contribution is -0.114. The lowest BCUT2D eigenvalue weighted by Gasteiger charge is -2.26. The summed E-state index contributed by atoms with van der Waals surface area (Å²) in [6.07, 6.45) is 1.81. The lowest BCUT2D eigenvalue weighted by Crippen LogP contribution is -2.49. The first kappa shape index (κ1) is 33.0. The Labute approximate surface area is 248 Å². The van der Waals surface area contributed by atoms with Gasteiger partial charge in [-0.25, -0.2) is 13.1 Å². The minimum Gasteiger partial charge on any atom is -0.390 e. The first-order valence-corrected chi connectivity index (χ1v) is 15.9. The number of hydrogen-bond donors (Lipinski definition) is 4. The van der Waals surface area contributed by atoms with E-state index in [2.05, 4.69) is 24.5 Å². The highest BCUT2D eigenvalue weighted by Gasteiger charge is 2.31. The highest BCUT2D eigenvalue weighted by molar-refractivity contribution is 7.99. The molecule has 4 N–H and O–H groups in total. The number of carbonyl (C=O) groups excluding carboxylic acids is 3. The number of nitrogens with zero attached hydrogens (tertiary/aromatic N) is 1. The maximum absolute atomic E-state index is 13.7. The number of nitrogens with one attached hydrogen (secondary N) is 3. The van der Waals surface area contributed by atoms with Crippen LogP contribution in [-0.2, 0) is 21.2 Å². The van der Waals surface area contributed by atoms with Crippen LogP contribution in [-0.4, -0.2) is 74.5 Å². The summed E-state index contributed by atoms with van der Waals surface area (Å²) in [5.41, 5.74) is 1.14. The summed E-state index contributed by atoms with van der Waals surface area (Å²) in [4.78, 5) is 40.5. The summed E-state index contributed by atoms with van der Waals surface area (Å²) in [6, 6.07) is 12.9. The molecule has 0 fully saturated rings. The van der Waals surface area contributed by atoms with E-state index in [1.807, 2.05) is 48.9 Å². The summed E-state index contributed by atoms with van der Waals surface area (Å²) in [7, 11) is -4.15. The second kappa shape index (κ2) is 15.1. The van der Waals surface area contributed by atoms with Gasteiger partial charge in [0, 0.05) is 36.8 Å². The molecule has 3 amide bonds. The zero-order chi connectivity index (χ0) is 30.9. The molecule has 3 rings (SSSR count). The molecule has 1 aliphatic rings. The smallest absolute Gasteiger partial charge is 0.265 e. The summed E-state index contributed by atoms with van der Waals surface area (Å²) in [5.74, 6) is -1.35. The molecule has 0 saturated carbocycles. The number of hydrogen-bond acceptors (Lipinski definition) is 7.